The molecular formula is C7H5BrF2INO. The van der Waals surface area contributed by atoms with Crippen LogP contribution < -0.4 is 0 Å². The number of aliphatic hydroxyl groups is 1. The normalized spacial score (nSPS) is 10.9. The summed E-state index contributed by atoms with van der Waals surface area (Å²) in [7, 11) is 0. The molecule has 1 N–H and O–H groups in total. The number of alkyl halides is 2. The Labute approximate surface area is 95.6 Å². The Morgan fingerprint density at radius 2 is 2.23 bits per heavy atom. The van der Waals surface area contributed by atoms with E-state index < -0.39 is 6.43 Å². The van der Waals surface area contributed by atoms with Crippen LogP contribution in [-0.4, -0.2) is 10.1 Å². The molecule has 6 heteroatoms. The Morgan fingerprint density at radius 3 is 2.69 bits per heavy atom. The molecule has 0 saturated carbocycles. The summed E-state index contributed by atoms with van der Waals surface area (Å²) in [5.41, 5.74) is 0.249. The van der Waals surface area contributed by atoms with Gasteiger partial charge in [0.1, 0.15) is 3.70 Å². The third-order valence-corrected chi connectivity index (χ3v) is 2.96. The van der Waals surface area contributed by atoms with Crippen molar-refractivity contribution < 1.29 is 13.9 Å². The van der Waals surface area contributed by atoms with E-state index in [1.54, 1.807) is 22.6 Å². The van der Waals surface area contributed by atoms with Gasteiger partial charge in [-0.05, 0) is 44.6 Å². The molecule has 72 valence electrons. The van der Waals surface area contributed by atoms with Gasteiger partial charge in [-0.25, -0.2) is 13.8 Å². The van der Waals surface area contributed by atoms with Gasteiger partial charge in [-0.1, -0.05) is 0 Å². The second-order valence-corrected chi connectivity index (χ2v) is 4.13. The number of hydrogen-bond donors (Lipinski definition) is 1. The first-order valence-electron chi connectivity index (χ1n) is 3.30. The largest absolute Gasteiger partial charge is 0.390 e. The molecule has 0 saturated heterocycles. The maximum Gasteiger partial charge on any atom is 0.266 e. The van der Waals surface area contributed by atoms with Gasteiger partial charge >= 0.3 is 0 Å². The highest BCUT2D eigenvalue weighted by Gasteiger charge is 2.15. The van der Waals surface area contributed by atoms with Gasteiger partial charge in [0.25, 0.3) is 6.43 Å². The van der Waals surface area contributed by atoms with Gasteiger partial charge in [0.15, 0.2) is 0 Å². The maximum atomic E-state index is 12.3. The van der Waals surface area contributed by atoms with Gasteiger partial charge in [0.2, 0.25) is 0 Å². The minimum atomic E-state index is -2.54. The molecule has 0 aliphatic rings. The highest BCUT2D eigenvalue weighted by atomic mass is 127. The van der Waals surface area contributed by atoms with E-state index >= 15 is 0 Å². The Balaban J connectivity index is 3.20. The lowest BCUT2D eigenvalue weighted by Crippen LogP contribution is -1.99. The summed E-state index contributed by atoms with van der Waals surface area (Å²) in [5, 5.41) is 8.79. The van der Waals surface area contributed by atoms with E-state index in [2.05, 4.69) is 20.9 Å². The fraction of sp³-hybridized carbons (Fsp3) is 0.286. The topological polar surface area (TPSA) is 33.1 Å². The summed E-state index contributed by atoms with van der Waals surface area (Å²) in [5.74, 6) is 0. The third-order valence-electron chi connectivity index (χ3n) is 1.41. The molecule has 0 spiro atoms. The molecule has 0 aliphatic heterocycles. The van der Waals surface area contributed by atoms with Crippen molar-refractivity contribution in [3.8, 4) is 0 Å². The van der Waals surface area contributed by atoms with E-state index in [-0.39, 0.29) is 15.9 Å². The van der Waals surface area contributed by atoms with Crippen LogP contribution in [0.25, 0.3) is 0 Å². The summed E-state index contributed by atoms with van der Waals surface area (Å²) in [6.07, 6.45) is -2.54. The minimum Gasteiger partial charge on any atom is -0.390 e. The number of rotatable bonds is 2. The molecule has 0 aromatic carbocycles. The van der Waals surface area contributed by atoms with Crippen molar-refractivity contribution in [1.29, 1.82) is 0 Å². The lowest BCUT2D eigenvalue weighted by molar-refractivity contribution is 0.149. The third kappa shape index (κ3) is 2.57. The molecule has 13 heavy (non-hydrogen) atoms. The van der Waals surface area contributed by atoms with E-state index in [0.29, 0.717) is 10.2 Å². The first kappa shape index (κ1) is 11.3. The van der Waals surface area contributed by atoms with E-state index in [1.165, 1.54) is 6.07 Å². The molecule has 0 bridgehead atoms. The molecule has 1 aromatic heterocycles. The van der Waals surface area contributed by atoms with Gasteiger partial charge < -0.3 is 5.11 Å². The van der Waals surface area contributed by atoms with Crippen molar-refractivity contribution in [2.75, 3.05) is 0 Å². The zero-order valence-corrected chi connectivity index (χ0v) is 10.0. The zero-order valence-electron chi connectivity index (χ0n) is 6.27. The maximum absolute atomic E-state index is 12.3. The van der Waals surface area contributed by atoms with Crippen molar-refractivity contribution in [1.82, 2.24) is 4.98 Å². The van der Waals surface area contributed by atoms with Crippen LogP contribution in [0.2, 0.25) is 0 Å². The Bertz CT molecular complexity index is 322. The van der Waals surface area contributed by atoms with Crippen molar-refractivity contribution in [2.45, 2.75) is 13.0 Å². The molecule has 0 fully saturated rings. The van der Waals surface area contributed by atoms with Gasteiger partial charge in [-0.3, -0.25) is 0 Å². The molecule has 0 amide bonds. The molecule has 1 heterocycles. The van der Waals surface area contributed by atoms with Crippen LogP contribution in [0.15, 0.2) is 10.5 Å². The van der Waals surface area contributed by atoms with Gasteiger partial charge in [0.05, 0.1) is 17.9 Å². The highest BCUT2D eigenvalue weighted by molar-refractivity contribution is 14.1. The Kier molecular flexibility index (Phi) is 3.99. The lowest BCUT2D eigenvalue weighted by atomic mass is 10.2. The number of aliphatic hydroxyl groups excluding tert-OH is 1. The first-order chi connectivity index (χ1) is 6.06. The summed E-state index contributed by atoms with van der Waals surface area (Å²) in [4.78, 5) is 3.82. The molecule has 2 nitrogen and oxygen atoms in total. The van der Waals surface area contributed by atoms with Crippen molar-refractivity contribution in [3.63, 3.8) is 0 Å². The van der Waals surface area contributed by atoms with Crippen LogP contribution in [0.4, 0.5) is 8.78 Å². The summed E-state index contributed by atoms with van der Waals surface area (Å²) in [6.45, 7) is -0.264. The average Bonchev–Trinajstić information content (AvgIpc) is 2.07. The van der Waals surface area contributed by atoms with Crippen molar-refractivity contribution >= 4 is 38.5 Å². The van der Waals surface area contributed by atoms with Crippen LogP contribution in [0.1, 0.15) is 17.7 Å². The summed E-state index contributed by atoms with van der Waals surface area (Å²) >= 11 is 4.77. The summed E-state index contributed by atoms with van der Waals surface area (Å²) in [6, 6.07) is 1.28. The number of pyridine rings is 1. The number of aromatic nitrogens is 1. The number of nitrogens with zero attached hydrogens (tertiary/aromatic N) is 1. The van der Waals surface area contributed by atoms with E-state index in [1.807, 2.05) is 0 Å². The molecule has 0 unspecified atom stereocenters. The second kappa shape index (κ2) is 4.61. The average molecular weight is 364 g/mol. The number of halogens is 4. The van der Waals surface area contributed by atoms with Crippen LogP contribution in [0, 0.1) is 3.70 Å². The van der Waals surface area contributed by atoms with Gasteiger partial charge in [-0.2, -0.15) is 0 Å². The standard InChI is InChI=1S/C7H5BrF2INO/c8-4-1-3(6(9)10)7(11)12-5(4)2-13/h1,6,13H,2H2. The number of hydrogen-bond acceptors (Lipinski definition) is 2. The zero-order chi connectivity index (χ0) is 10.0. The Morgan fingerprint density at radius 1 is 1.62 bits per heavy atom. The Hall–Kier alpha value is 0.180. The lowest BCUT2D eigenvalue weighted by Gasteiger charge is -2.06. The van der Waals surface area contributed by atoms with Gasteiger partial charge in [0, 0.05) is 4.47 Å². The van der Waals surface area contributed by atoms with Crippen molar-refractivity contribution in [2.24, 2.45) is 0 Å². The highest BCUT2D eigenvalue weighted by Crippen LogP contribution is 2.27. The fourth-order valence-corrected chi connectivity index (χ4v) is 1.92. The molecule has 1 rings (SSSR count). The predicted octanol–water partition coefficient (Wildman–Crippen LogP) is 2.88. The molecule has 0 radical (unpaired) electrons. The van der Waals surface area contributed by atoms with E-state index in [9.17, 15) is 8.78 Å². The SMILES string of the molecule is OCc1nc(I)c(C(F)F)cc1Br. The molecular weight excluding hydrogens is 359 g/mol. The second-order valence-electron chi connectivity index (χ2n) is 2.26. The summed E-state index contributed by atoms with van der Waals surface area (Å²) < 4.78 is 25.3. The monoisotopic (exact) mass is 363 g/mol. The molecule has 0 aliphatic carbocycles. The predicted molar refractivity (Wildman–Crippen MR) is 55.5 cm³/mol. The van der Waals surface area contributed by atoms with E-state index in [0.717, 1.165) is 0 Å². The minimum absolute atomic E-state index is 0.121. The van der Waals surface area contributed by atoms with Crippen LogP contribution in [0.5, 0.6) is 0 Å². The first-order valence-corrected chi connectivity index (χ1v) is 5.17. The van der Waals surface area contributed by atoms with Crippen LogP contribution in [-0.2, 0) is 6.61 Å². The van der Waals surface area contributed by atoms with Crippen LogP contribution in [0.3, 0.4) is 0 Å². The quantitative estimate of drug-likeness (QED) is 0.647. The van der Waals surface area contributed by atoms with Crippen molar-refractivity contribution in [3.05, 3.63) is 25.5 Å². The fourth-order valence-electron chi connectivity index (χ4n) is 0.780. The van der Waals surface area contributed by atoms with E-state index in [4.69, 9.17) is 5.11 Å². The van der Waals surface area contributed by atoms with Gasteiger partial charge in [-0.15, -0.1) is 0 Å². The molecule has 0 atom stereocenters. The molecule has 1 aromatic rings. The van der Waals surface area contributed by atoms with Crippen LogP contribution >= 0.6 is 38.5 Å². The smallest absolute Gasteiger partial charge is 0.266 e.